The number of aromatic amines is 1. The predicted molar refractivity (Wildman–Crippen MR) is 85.3 cm³/mol. The first-order valence-electron chi connectivity index (χ1n) is 7.82. The first-order valence-corrected chi connectivity index (χ1v) is 7.82. The van der Waals surface area contributed by atoms with Crippen LogP contribution in [0.25, 0.3) is 10.9 Å². The number of carbonyl (C=O) groups is 1. The van der Waals surface area contributed by atoms with E-state index in [1.54, 1.807) is 7.11 Å². The van der Waals surface area contributed by atoms with Gasteiger partial charge in [0.1, 0.15) is 11.4 Å². The van der Waals surface area contributed by atoms with Crippen LogP contribution in [0, 0.1) is 5.92 Å². The number of hydrogen-bond donors (Lipinski definition) is 1. The van der Waals surface area contributed by atoms with E-state index in [0.29, 0.717) is 17.7 Å². The summed E-state index contributed by atoms with van der Waals surface area (Å²) in [4.78, 5) is 20.4. The van der Waals surface area contributed by atoms with Crippen molar-refractivity contribution in [2.45, 2.75) is 12.5 Å². The molecule has 5 heteroatoms. The van der Waals surface area contributed by atoms with Crippen molar-refractivity contribution in [2.75, 3.05) is 33.8 Å². The zero-order valence-electron chi connectivity index (χ0n) is 13.0. The van der Waals surface area contributed by atoms with Crippen molar-refractivity contribution in [2.24, 2.45) is 5.92 Å². The molecule has 0 radical (unpaired) electrons. The van der Waals surface area contributed by atoms with Crippen LogP contribution in [0.1, 0.15) is 16.9 Å². The minimum Gasteiger partial charge on any atom is -0.497 e. The molecule has 3 heterocycles. The van der Waals surface area contributed by atoms with Gasteiger partial charge in [-0.25, -0.2) is 0 Å². The molecule has 1 aromatic carbocycles. The van der Waals surface area contributed by atoms with Gasteiger partial charge < -0.3 is 19.5 Å². The molecule has 0 unspecified atom stereocenters. The summed E-state index contributed by atoms with van der Waals surface area (Å²) in [5, 5.41) is 1.01. The minimum atomic E-state index is 0.109. The van der Waals surface area contributed by atoms with Crippen molar-refractivity contribution < 1.29 is 9.53 Å². The first-order chi connectivity index (χ1) is 10.7. The molecule has 4 rings (SSSR count). The maximum Gasteiger partial charge on any atom is 0.270 e. The molecule has 116 valence electrons. The van der Waals surface area contributed by atoms with Gasteiger partial charge in [-0.3, -0.25) is 4.79 Å². The maximum atomic E-state index is 12.8. The van der Waals surface area contributed by atoms with Crippen LogP contribution in [0.3, 0.4) is 0 Å². The van der Waals surface area contributed by atoms with Gasteiger partial charge in [0.25, 0.3) is 5.91 Å². The van der Waals surface area contributed by atoms with Gasteiger partial charge in [0.2, 0.25) is 0 Å². The Hall–Kier alpha value is -2.01. The molecular weight excluding hydrogens is 278 g/mol. The molecule has 1 aromatic heterocycles. The molecule has 2 aliphatic rings. The van der Waals surface area contributed by atoms with Crippen LogP contribution in [0.4, 0.5) is 0 Å². The third-order valence-corrected chi connectivity index (χ3v) is 5.17. The summed E-state index contributed by atoms with van der Waals surface area (Å²) < 4.78 is 5.24. The average molecular weight is 299 g/mol. The average Bonchev–Trinajstić information content (AvgIpc) is 3.21. The topological polar surface area (TPSA) is 48.6 Å². The van der Waals surface area contributed by atoms with E-state index in [2.05, 4.69) is 16.9 Å². The molecule has 2 aromatic rings. The molecule has 0 saturated carbocycles. The highest BCUT2D eigenvalue weighted by Gasteiger charge is 2.41. The lowest BCUT2D eigenvalue weighted by molar-refractivity contribution is 0.0770. The fraction of sp³-hybridized carbons (Fsp3) is 0.471. The molecule has 22 heavy (non-hydrogen) atoms. The standard InChI is InChI=1S/C17H21N3O2/c1-19-6-5-11-9-20(10-16(11)19)17(21)15-8-12-7-13(22-2)3-4-14(12)18-15/h3-4,7-8,11,16,18H,5-6,9-10H2,1-2H3/t11-,16+/m0/s1. The summed E-state index contributed by atoms with van der Waals surface area (Å²) in [6, 6.07) is 8.28. The zero-order chi connectivity index (χ0) is 15.3. The Kier molecular flexibility index (Phi) is 3.11. The van der Waals surface area contributed by atoms with Crippen molar-refractivity contribution >= 4 is 16.8 Å². The number of hydrogen-bond acceptors (Lipinski definition) is 3. The van der Waals surface area contributed by atoms with Crippen LogP contribution in [0.15, 0.2) is 24.3 Å². The van der Waals surface area contributed by atoms with E-state index in [-0.39, 0.29) is 5.91 Å². The Labute approximate surface area is 129 Å². The van der Waals surface area contributed by atoms with Crippen LogP contribution in [0.5, 0.6) is 5.75 Å². The van der Waals surface area contributed by atoms with Crippen LogP contribution >= 0.6 is 0 Å². The number of rotatable bonds is 2. The van der Waals surface area contributed by atoms with E-state index in [1.165, 1.54) is 6.42 Å². The Morgan fingerprint density at radius 2 is 2.18 bits per heavy atom. The summed E-state index contributed by atoms with van der Waals surface area (Å²) in [5.74, 6) is 1.55. The second-order valence-corrected chi connectivity index (χ2v) is 6.44. The Balaban J connectivity index is 1.58. The summed E-state index contributed by atoms with van der Waals surface area (Å²) >= 11 is 0. The summed E-state index contributed by atoms with van der Waals surface area (Å²) in [6.45, 7) is 2.88. The molecule has 0 spiro atoms. The smallest absolute Gasteiger partial charge is 0.270 e. The highest BCUT2D eigenvalue weighted by Crippen LogP contribution is 2.31. The van der Waals surface area contributed by atoms with Crippen LogP contribution in [-0.2, 0) is 0 Å². The number of carbonyl (C=O) groups excluding carboxylic acids is 1. The highest BCUT2D eigenvalue weighted by molar-refractivity contribution is 5.98. The number of benzene rings is 1. The molecule has 1 N–H and O–H groups in total. The van der Waals surface area contributed by atoms with Gasteiger partial charge in [-0.15, -0.1) is 0 Å². The number of ether oxygens (including phenoxy) is 1. The van der Waals surface area contributed by atoms with Crippen molar-refractivity contribution in [3.05, 3.63) is 30.0 Å². The van der Waals surface area contributed by atoms with Crippen molar-refractivity contribution in [3.63, 3.8) is 0 Å². The van der Waals surface area contributed by atoms with Gasteiger partial charge in [0.05, 0.1) is 7.11 Å². The monoisotopic (exact) mass is 299 g/mol. The number of likely N-dealkylation sites (N-methyl/N-ethyl adjacent to an activating group) is 1. The van der Waals surface area contributed by atoms with E-state index in [4.69, 9.17) is 4.74 Å². The number of nitrogens with one attached hydrogen (secondary N) is 1. The summed E-state index contributed by atoms with van der Waals surface area (Å²) in [6.07, 6.45) is 1.20. The second kappa shape index (κ2) is 5.02. The van der Waals surface area contributed by atoms with Crippen molar-refractivity contribution in [1.82, 2.24) is 14.8 Å². The van der Waals surface area contributed by atoms with E-state index in [9.17, 15) is 4.79 Å². The van der Waals surface area contributed by atoms with Crippen LogP contribution in [-0.4, -0.2) is 60.5 Å². The van der Waals surface area contributed by atoms with E-state index >= 15 is 0 Å². The van der Waals surface area contributed by atoms with Gasteiger partial charge in [0.15, 0.2) is 0 Å². The third kappa shape index (κ3) is 2.08. The molecule has 2 atom stereocenters. The number of methoxy groups -OCH3 is 1. The molecule has 0 aliphatic carbocycles. The lowest BCUT2D eigenvalue weighted by Crippen LogP contribution is -2.35. The van der Waals surface area contributed by atoms with Crippen LogP contribution < -0.4 is 4.74 Å². The van der Waals surface area contributed by atoms with Gasteiger partial charge in [-0.2, -0.15) is 0 Å². The molecule has 0 bridgehead atoms. The molecule has 2 saturated heterocycles. The molecule has 5 nitrogen and oxygen atoms in total. The third-order valence-electron chi connectivity index (χ3n) is 5.17. The fourth-order valence-corrected chi connectivity index (χ4v) is 3.86. The maximum absolute atomic E-state index is 12.8. The number of H-pyrrole nitrogens is 1. The number of fused-ring (bicyclic) bond motifs is 2. The Morgan fingerprint density at radius 3 is 2.95 bits per heavy atom. The van der Waals surface area contributed by atoms with Gasteiger partial charge >= 0.3 is 0 Å². The molecule has 2 aliphatic heterocycles. The number of amides is 1. The van der Waals surface area contributed by atoms with Crippen molar-refractivity contribution in [3.8, 4) is 5.75 Å². The van der Waals surface area contributed by atoms with E-state index in [1.807, 2.05) is 29.2 Å². The number of likely N-dealkylation sites (tertiary alicyclic amines) is 2. The molecule has 1 amide bonds. The second-order valence-electron chi connectivity index (χ2n) is 6.44. The molecular formula is C17H21N3O2. The fourth-order valence-electron chi connectivity index (χ4n) is 3.86. The zero-order valence-corrected chi connectivity index (χ0v) is 13.0. The van der Waals surface area contributed by atoms with Gasteiger partial charge in [0, 0.05) is 30.0 Å². The predicted octanol–water partition coefficient (Wildman–Crippen LogP) is 1.95. The minimum absolute atomic E-state index is 0.109. The van der Waals surface area contributed by atoms with E-state index in [0.717, 1.165) is 36.3 Å². The summed E-state index contributed by atoms with van der Waals surface area (Å²) in [5.41, 5.74) is 1.64. The quantitative estimate of drug-likeness (QED) is 0.922. The van der Waals surface area contributed by atoms with Gasteiger partial charge in [-0.05, 0) is 50.2 Å². The van der Waals surface area contributed by atoms with Gasteiger partial charge in [-0.1, -0.05) is 0 Å². The number of aromatic nitrogens is 1. The highest BCUT2D eigenvalue weighted by atomic mass is 16.5. The van der Waals surface area contributed by atoms with E-state index < -0.39 is 0 Å². The largest absolute Gasteiger partial charge is 0.497 e. The first kappa shape index (κ1) is 13.6. The Bertz CT molecular complexity index is 724. The molecule has 2 fully saturated rings. The van der Waals surface area contributed by atoms with Crippen molar-refractivity contribution in [1.29, 1.82) is 0 Å². The lowest BCUT2D eigenvalue weighted by Gasteiger charge is -2.20. The number of nitrogens with zero attached hydrogens (tertiary/aromatic N) is 2. The van der Waals surface area contributed by atoms with Crippen LogP contribution in [0.2, 0.25) is 0 Å². The normalized spacial score (nSPS) is 24.9. The summed E-state index contributed by atoms with van der Waals surface area (Å²) in [7, 11) is 3.81. The SMILES string of the molecule is COc1ccc2[nH]c(C(=O)N3C[C@@H]4CCN(C)[C@@H]4C3)cc2c1. The lowest BCUT2D eigenvalue weighted by atomic mass is 10.1. The Morgan fingerprint density at radius 1 is 1.32 bits per heavy atom.